The molecule has 0 aliphatic carbocycles. The minimum Gasteiger partial charge on any atom is -0.368 e. The van der Waals surface area contributed by atoms with E-state index in [2.05, 4.69) is 41.6 Å². The molecule has 0 unspecified atom stereocenters. The lowest BCUT2D eigenvalue weighted by molar-refractivity contribution is -0.115. The quantitative estimate of drug-likeness (QED) is 0.623. The van der Waals surface area contributed by atoms with E-state index in [0.717, 1.165) is 27.1 Å². The molecule has 7 nitrogen and oxygen atoms in total. The van der Waals surface area contributed by atoms with Crippen molar-refractivity contribution in [1.29, 1.82) is 0 Å². The predicted octanol–water partition coefficient (Wildman–Crippen LogP) is 3.79. The van der Waals surface area contributed by atoms with Gasteiger partial charge in [0.15, 0.2) is 5.82 Å². The molecule has 3 aromatic rings. The predicted molar refractivity (Wildman–Crippen MR) is 109 cm³/mol. The monoisotopic (exact) mass is 428 g/mol. The highest BCUT2D eigenvalue weighted by molar-refractivity contribution is 9.10. The van der Waals surface area contributed by atoms with Gasteiger partial charge in [-0.05, 0) is 50.6 Å². The number of hydrogen-bond donors (Lipinski definition) is 2. The Kier molecular flexibility index (Phi) is 5.85. The van der Waals surface area contributed by atoms with Crippen LogP contribution in [0.3, 0.4) is 0 Å². The summed E-state index contributed by atoms with van der Waals surface area (Å²) in [7, 11) is 0. The highest BCUT2D eigenvalue weighted by Crippen LogP contribution is 2.20. The number of aryl methyl sites for hydroxylation is 3. The maximum absolute atomic E-state index is 12.2. The first-order valence-electron chi connectivity index (χ1n) is 8.58. The third-order valence-electron chi connectivity index (χ3n) is 3.97. The van der Waals surface area contributed by atoms with Crippen LogP contribution in [0.2, 0.25) is 0 Å². The first kappa shape index (κ1) is 19.0. The van der Waals surface area contributed by atoms with Gasteiger partial charge in [-0.2, -0.15) is 5.10 Å². The van der Waals surface area contributed by atoms with Crippen LogP contribution >= 0.6 is 15.9 Å². The summed E-state index contributed by atoms with van der Waals surface area (Å²) < 4.78 is 2.73. The lowest BCUT2D eigenvalue weighted by Crippen LogP contribution is -2.17. The molecule has 0 aliphatic heterocycles. The summed E-state index contributed by atoms with van der Waals surface area (Å²) in [5.74, 6) is 1.18. The Morgan fingerprint density at radius 1 is 1.19 bits per heavy atom. The SMILES string of the molecule is Cc1cc(C)n(-c2cncc(NCCC(=O)Nc3ccc(Br)cc3C)n2)n1. The van der Waals surface area contributed by atoms with Crippen molar-refractivity contribution < 1.29 is 4.79 Å². The lowest BCUT2D eigenvalue weighted by Gasteiger charge is -2.10. The number of halogens is 1. The first-order chi connectivity index (χ1) is 12.9. The molecule has 0 saturated heterocycles. The third kappa shape index (κ3) is 4.91. The smallest absolute Gasteiger partial charge is 0.226 e. The summed E-state index contributed by atoms with van der Waals surface area (Å²) in [6.07, 6.45) is 3.61. The van der Waals surface area contributed by atoms with Gasteiger partial charge >= 0.3 is 0 Å². The number of benzene rings is 1. The van der Waals surface area contributed by atoms with Crippen LogP contribution < -0.4 is 10.6 Å². The molecule has 0 bridgehead atoms. The van der Waals surface area contributed by atoms with Crippen molar-refractivity contribution in [2.24, 2.45) is 0 Å². The molecule has 0 aliphatic rings. The molecule has 1 amide bonds. The van der Waals surface area contributed by atoms with Gasteiger partial charge in [0, 0.05) is 28.8 Å². The molecule has 1 aromatic carbocycles. The van der Waals surface area contributed by atoms with Crippen molar-refractivity contribution in [3.8, 4) is 5.82 Å². The summed E-state index contributed by atoms with van der Waals surface area (Å²) in [6, 6.07) is 7.74. The average Bonchev–Trinajstić information content (AvgIpc) is 2.96. The van der Waals surface area contributed by atoms with Crippen molar-refractivity contribution >= 4 is 33.3 Å². The second kappa shape index (κ2) is 8.30. The van der Waals surface area contributed by atoms with Crippen molar-refractivity contribution in [2.45, 2.75) is 27.2 Å². The van der Waals surface area contributed by atoms with Gasteiger partial charge in [0.2, 0.25) is 5.91 Å². The molecule has 3 rings (SSSR count). The minimum absolute atomic E-state index is 0.0596. The number of carbonyl (C=O) groups is 1. The van der Waals surface area contributed by atoms with Crippen LogP contribution in [-0.4, -0.2) is 32.2 Å². The highest BCUT2D eigenvalue weighted by Gasteiger charge is 2.08. The first-order valence-corrected chi connectivity index (χ1v) is 9.37. The van der Waals surface area contributed by atoms with Crippen molar-refractivity contribution in [3.63, 3.8) is 0 Å². The number of nitrogens with zero attached hydrogens (tertiary/aromatic N) is 4. The Morgan fingerprint density at radius 3 is 2.70 bits per heavy atom. The van der Waals surface area contributed by atoms with Gasteiger partial charge in [-0.3, -0.25) is 9.78 Å². The normalized spacial score (nSPS) is 10.7. The largest absolute Gasteiger partial charge is 0.368 e. The van der Waals surface area contributed by atoms with Crippen LogP contribution in [0.4, 0.5) is 11.5 Å². The summed E-state index contributed by atoms with van der Waals surface area (Å²) in [4.78, 5) is 20.9. The number of hydrogen-bond acceptors (Lipinski definition) is 5. The molecule has 27 heavy (non-hydrogen) atoms. The number of carbonyl (C=O) groups excluding carboxylic acids is 1. The van der Waals surface area contributed by atoms with Gasteiger partial charge in [-0.25, -0.2) is 9.67 Å². The van der Waals surface area contributed by atoms with Crippen LogP contribution in [0.25, 0.3) is 5.82 Å². The van der Waals surface area contributed by atoms with Crippen molar-refractivity contribution in [3.05, 3.63) is 58.1 Å². The van der Waals surface area contributed by atoms with Crippen LogP contribution in [0.5, 0.6) is 0 Å². The third-order valence-corrected chi connectivity index (χ3v) is 4.46. The Balaban J connectivity index is 1.56. The molecular weight excluding hydrogens is 408 g/mol. The number of rotatable bonds is 6. The molecule has 140 valence electrons. The summed E-state index contributed by atoms with van der Waals surface area (Å²) in [5.41, 5.74) is 3.74. The van der Waals surface area contributed by atoms with Crippen LogP contribution in [0, 0.1) is 20.8 Å². The lowest BCUT2D eigenvalue weighted by atomic mass is 10.2. The Hall–Kier alpha value is -2.74. The molecule has 0 radical (unpaired) electrons. The molecule has 0 saturated carbocycles. The zero-order chi connectivity index (χ0) is 19.4. The molecule has 8 heteroatoms. The van der Waals surface area contributed by atoms with E-state index < -0.39 is 0 Å². The van der Waals surface area contributed by atoms with E-state index in [9.17, 15) is 4.79 Å². The minimum atomic E-state index is -0.0596. The van der Waals surface area contributed by atoms with Gasteiger partial charge in [0.1, 0.15) is 5.82 Å². The fourth-order valence-corrected chi connectivity index (χ4v) is 3.16. The Bertz CT molecular complexity index is 969. The fraction of sp³-hybridized carbons (Fsp3) is 0.263. The van der Waals surface area contributed by atoms with E-state index in [0.29, 0.717) is 24.6 Å². The van der Waals surface area contributed by atoms with Gasteiger partial charge in [0.25, 0.3) is 0 Å². The molecule has 0 spiro atoms. The molecule has 2 aromatic heterocycles. The van der Waals surface area contributed by atoms with Gasteiger partial charge in [-0.15, -0.1) is 0 Å². The Labute approximate surface area is 166 Å². The van der Waals surface area contributed by atoms with Crippen LogP contribution in [0.15, 0.2) is 41.1 Å². The van der Waals surface area contributed by atoms with E-state index in [1.807, 2.05) is 45.0 Å². The number of amides is 1. The fourth-order valence-electron chi connectivity index (χ4n) is 2.69. The van der Waals surface area contributed by atoms with E-state index >= 15 is 0 Å². The van der Waals surface area contributed by atoms with Crippen molar-refractivity contribution in [1.82, 2.24) is 19.7 Å². The standard InChI is InChI=1S/C19H21BrN6O/c1-12-8-15(20)4-5-16(12)23-19(27)6-7-22-17-10-21-11-18(24-17)26-14(3)9-13(2)25-26/h4-5,8-11H,6-7H2,1-3H3,(H,22,24)(H,23,27). The highest BCUT2D eigenvalue weighted by atomic mass is 79.9. The molecule has 2 heterocycles. The molecular formula is C19H21BrN6O. The molecule has 0 fully saturated rings. The van der Waals surface area contributed by atoms with Gasteiger partial charge in [0.05, 0.1) is 18.1 Å². The maximum atomic E-state index is 12.2. The number of nitrogens with one attached hydrogen (secondary N) is 2. The summed E-state index contributed by atoms with van der Waals surface area (Å²) >= 11 is 3.42. The summed E-state index contributed by atoms with van der Waals surface area (Å²) in [5, 5.41) is 10.5. The van der Waals surface area contributed by atoms with Crippen molar-refractivity contribution in [2.75, 3.05) is 17.2 Å². The molecule has 0 atom stereocenters. The second-order valence-electron chi connectivity index (χ2n) is 6.29. The van der Waals surface area contributed by atoms with E-state index in [1.54, 1.807) is 17.1 Å². The van der Waals surface area contributed by atoms with E-state index in [-0.39, 0.29) is 5.91 Å². The number of aromatic nitrogens is 4. The average molecular weight is 429 g/mol. The topological polar surface area (TPSA) is 84.7 Å². The van der Waals surface area contributed by atoms with Gasteiger partial charge in [-0.1, -0.05) is 15.9 Å². The van der Waals surface area contributed by atoms with Crippen LogP contribution in [-0.2, 0) is 4.79 Å². The number of anilines is 2. The maximum Gasteiger partial charge on any atom is 0.226 e. The second-order valence-corrected chi connectivity index (χ2v) is 7.20. The molecule has 2 N–H and O–H groups in total. The zero-order valence-corrected chi connectivity index (χ0v) is 17.0. The van der Waals surface area contributed by atoms with Crippen LogP contribution in [0.1, 0.15) is 23.4 Å². The van der Waals surface area contributed by atoms with E-state index in [4.69, 9.17) is 0 Å². The van der Waals surface area contributed by atoms with E-state index in [1.165, 1.54) is 0 Å². The zero-order valence-electron chi connectivity index (χ0n) is 15.5. The van der Waals surface area contributed by atoms with Gasteiger partial charge < -0.3 is 10.6 Å². The Morgan fingerprint density at radius 2 is 2.00 bits per heavy atom. The summed E-state index contributed by atoms with van der Waals surface area (Å²) in [6.45, 7) is 6.32.